The highest BCUT2D eigenvalue weighted by atomic mass is 16.2. The number of aldehydes is 1. The van der Waals surface area contributed by atoms with Gasteiger partial charge in [0.2, 0.25) is 0 Å². The largest absolute Gasteiger partial charge is 0.388 e. The standard InChI is InChI=1S/C23H36N4O.C11H15NO.C2H6/c1-7-13-27(14-8-2)18-19(3)17-22-20(4)25-12-9-23(22)26(6)15-10-21(24-5)11-16-28;1-8-5-6-10(7-9(8)2)11(13)12(3)4;1-2/h9-12,15-17,24H,7-8,13-14,18H2,1-6H3;5-7H,1-4H3;1-2H3/b15-10-,19-17+,21-11+;;. The molecule has 2 aromatic rings. The van der Waals surface area contributed by atoms with Crippen LogP contribution in [0.3, 0.4) is 0 Å². The van der Waals surface area contributed by atoms with Crippen molar-refractivity contribution in [3.63, 3.8) is 0 Å². The first kappa shape index (κ1) is 39.3. The highest BCUT2D eigenvalue weighted by molar-refractivity contribution is 5.94. The highest BCUT2D eigenvalue weighted by Crippen LogP contribution is 2.25. The van der Waals surface area contributed by atoms with Crippen LogP contribution >= 0.6 is 0 Å². The monoisotopic (exact) mass is 591 g/mol. The Kier molecular flexibility index (Phi) is 20.0. The molecule has 7 nitrogen and oxygen atoms in total. The molecule has 1 N–H and O–H groups in total. The summed E-state index contributed by atoms with van der Waals surface area (Å²) in [5, 5.41) is 3.00. The summed E-state index contributed by atoms with van der Waals surface area (Å²) < 4.78 is 0. The van der Waals surface area contributed by atoms with E-state index in [1.807, 2.05) is 84.4 Å². The van der Waals surface area contributed by atoms with Crippen LogP contribution in [0, 0.1) is 20.8 Å². The van der Waals surface area contributed by atoms with E-state index in [-0.39, 0.29) is 5.91 Å². The van der Waals surface area contributed by atoms with Crippen LogP contribution < -0.4 is 10.2 Å². The number of hydrogen-bond acceptors (Lipinski definition) is 6. The van der Waals surface area contributed by atoms with Crippen molar-refractivity contribution in [3.8, 4) is 0 Å². The molecule has 1 aromatic carbocycles. The van der Waals surface area contributed by atoms with Crippen molar-refractivity contribution in [2.24, 2.45) is 0 Å². The molecule has 0 aliphatic heterocycles. The number of benzene rings is 1. The molecule has 0 aliphatic carbocycles. The maximum absolute atomic E-state index is 11.5. The minimum atomic E-state index is 0.0584. The Balaban J connectivity index is 0.000000976. The third kappa shape index (κ3) is 14.3. The molecule has 0 unspecified atom stereocenters. The molecule has 0 radical (unpaired) electrons. The van der Waals surface area contributed by atoms with Gasteiger partial charge in [-0.15, -0.1) is 0 Å². The lowest BCUT2D eigenvalue weighted by Gasteiger charge is -2.22. The Morgan fingerprint density at radius 1 is 0.977 bits per heavy atom. The van der Waals surface area contributed by atoms with E-state index in [0.29, 0.717) is 0 Å². The quantitative estimate of drug-likeness (QED) is 0.151. The van der Waals surface area contributed by atoms with Crippen molar-refractivity contribution in [2.45, 2.75) is 68.2 Å². The normalized spacial score (nSPS) is 11.4. The fourth-order valence-electron chi connectivity index (χ4n) is 4.30. The summed E-state index contributed by atoms with van der Waals surface area (Å²) in [6, 6.07) is 7.79. The van der Waals surface area contributed by atoms with Crippen LogP contribution in [0.5, 0.6) is 0 Å². The highest BCUT2D eigenvalue weighted by Gasteiger charge is 2.10. The number of pyridine rings is 1. The van der Waals surface area contributed by atoms with Gasteiger partial charge in [0.05, 0.1) is 5.69 Å². The fourth-order valence-corrected chi connectivity index (χ4v) is 4.30. The Morgan fingerprint density at radius 3 is 2.12 bits per heavy atom. The van der Waals surface area contributed by atoms with Gasteiger partial charge in [-0.3, -0.25) is 19.5 Å². The van der Waals surface area contributed by atoms with Crippen LogP contribution in [-0.2, 0) is 4.79 Å². The number of rotatable bonds is 13. The van der Waals surface area contributed by atoms with Crippen molar-refractivity contribution >= 4 is 24.0 Å². The number of carbonyl (C=O) groups excluding carboxylic acids is 2. The first-order valence-corrected chi connectivity index (χ1v) is 15.4. The minimum absolute atomic E-state index is 0.0584. The van der Waals surface area contributed by atoms with Gasteiger partial charge in [0, 0.05) is 75.7 Å². The molecule has 238 valence electrons. The Hall–Kier alpha value is -3.71. The Labute approximate surface area is 262 Å². The zero-order valence-electron chi connectivity index (χ0n) is 28.9. The number of hydrogen-bond donors (Lipinski definition) is 1. The molecular formula is C36H57N5O2. The number of carbonyl (C=O) groups is 2. The lowest BCUT2D eigenvalue weighted by molar-refractivity contribution is -0.104. The predicted octanol–water partition coefficient (Wildman–Crippen LogP) is 7.20. The molecule has 1 heterocycles. The lowest BCUT2D eigenvalue weighted by atomic mass is 10.1. The van der Waals surface area contributed by atoms with E-state index >= 15 is 0 Å². The molecule has 1 amide bonds. The van der Waals surface area contributed by atoms with Crippen molar-refractivity contribution in [1.82, 2.24) is 20.1 Å². The second kappa shape index (κ2) is 21.9. The van der Waals surface area contributed by atoms with Gasteiger partial charge in [-0.25, -0.2) is 0 Å². The SMILES string of the molecule is CC.CCCN(CCC)C/C(C)=C/c1c(N(C)/C=C\C(=C/C=O)NC)ccnc1C.Cc1ccc(C(=O)N(C)C)cc1C. The van der Waals surface area contributed by atoms with Crippen molar-refractivity contribution in [2.75, 3.05) is 52.7 Å². The van der Waals surface area contributed by atoms with Gasteiger partial charge in [0.1, 0.15) is 6.29 Å². The second-order valence-corrected chi connectivity index (χ2v) is 10.5. The summed E-state index contributed by atoms with van der Waals surface area (Å²) in [4.78, 5) is 32.9. The third-order valence-corrected chi connectivity index (χ3v) is 6.66. The Bertz CT molecular complexity index is 1210. The van der Waals surface area contributed by atoms with Crippen LogP contribution in [0.2, 0.25) is 0 Å². The predicted molar refractivity (Wildman–Crippen MR) is 186 cm³/mol. The minimum Gasteiger partial charge on any atom is -0.388 e. The number of nitrogens with zero attached hydrogens (tertiary/aromatic N) is 4. The molecule has 7 heteroatoms. The number of likely N-dealkylation sites (N-methyl/N-ethyl adjacent to an activating group) is 1. The summed E-state index contributed by atoms with van der Waals surface area (Å²) in [6.45, 7) is 20.0. The third-order valence-electron chi connectivity index (χ3n) is 6.66. The lowest BCUT2D eigenvalue weighted by Crippen LogP contribution is -2.27. The number of allylic oxidation sites excluding steroid dienone is 2. The molecule has 0 saturated heterocycles. The average Bonchev–Trinajstić information content (AvgIpc) is 2.98. The second-order valence-electron chi connectivity index (χ2n) is 10.5. The molecule has 1 aromatic heterocycles. The zero-order chi connectivity index (χ0) is 32.9. The molecule has 43 heavy (non-hydrogen) atoms. The zero-order valence-corrected chi connectivity index (χ0v) is 28.9. The van der Waals surface area contributed by atoms with Gasteiger partial charge in [0.25, 0.3) is 5.91 Å². The van der Waals surface area contributed by atoms with Crippen LogP contribution in [0.4, 0.5) is 5.69 Å². The van der Waals surface area contributed by atoms with Gasteiger partial charge in [-0.05, 0) is 89.0 Å². The number of aromatic nitrogens is 1. The molecular weight excluding hydrogens is 534 g/mol. The van der Waals surface area contributed by atoms with E-state index in [4.69, 9.17) is 0 Å². The van der Waals surface area contributed by atoms with E-state index in [1.165, 1.54) is 30.1 Å². The summed E-state index contributed by atoms with van der Waals surface area (Å²) in [7, 11) is 7.33. The Morgan fingerprint density at radius 2 is 1.60 bits per heavy atom. The van der Waals surface area contributed by atoms with Crippen LogP contribution in [0.25, 0.3) is 6.08 Å². The van der Waals surface area contributed by atoms with Gasteiger partial charge < -0.3 is 15.1 Å². The summed E-state index contributed by atoms with van der Waals surface area (Å²) >= 11 is 0. The molecule has 0 saturated carbocycles. The maximum atomic E-state index is 11.5. The molecule has 0 spiro atoms. The topological polar surface area (TPSA) is 68.8 Å². The van der Waals surface area contributed by atoms with E-state index in [1.54, 1.807) is 26.0 Å². The first-order chi connectivity index (χ1) is 20.5. The van der Waals surface area contributed by atoms with E-state index in [0.717, 1.165) is 59.7 Å². The van der Waals surface area contributed by atoms with E-state index < -0.39 is 0 Å². The van der Waals surface area contributed by atoms with E-state index in [9.17, 15) is 9.59 Å². The van der Waals surface area contributed by atoms with E-state index in [2.05, 4.69) is 46.9 Å². The summed E-state index contributed by atoms with van der Waals surface area (Å²) in [5.41, 5.74) is 8.44. The van der Waals surface area contributed by atoms with Gasteiger partial charge in [-0.1, -0.05) is 45.4 Å². The number of anilines is 1. The number of aryl methyl sites for hydroxylation is 3. The fraction of sp³-hybridized carbons (Fsp3) is 0.472. The van der Waals surface area contributed by atoms with Crippen molar-refractivity contribution < 1.29 is 9.59 Å². The summed E-state index contributed by atoms with van der Waals surface area (Å²) in [5.74, 6) is 0.0584. The summed E-state index contributed by atoms with van der Waals surface area (Å²) in [6.07, 6.45) is 12.5. The van der Waals surface area contributed by atoms with Gasteiger partial charge in [-0.2, -0.15) is 0 Å². The molecule has 0 aliphatic rings. The molecule has 0 atom stereocenters. The van der Waals surface area contributed by atoms with Crippen LogP contribution in [-0.4, -0.2) is 74.8 Å². The van der Waals surface area contributed by atoms with Crippen LogP contribution in [0.1, 0.15) is 80.2 Å². The number of amides is 1. The van der Waals surface area contributed by atoms with Crippen LogP contribution in [0.15, 0.2) is 60.1 Å². The average molecular weight is 592 g/mol. The molecule has 0 fully saturated rings. The first-order valence-electron chi connectivity index (χ1n) is 15.4. The molecule has 0 bridgehead atoms. The van der Waals surface area contributed by atoms with Crippen molar-refractivity contribution in [3.05, 3.63) is 88.0 Å². The van der Waals surface area contributed by atoms with Crippen molar-refractivity contribution in [1.29, 1.82) is 0 Å². The van der Waals surface area contributed by atoms with Gasteiger partial charge in [0.15, 0.2) is 0 Å². The number of nitrogens with one attached hydrogen (secondary N) is 1. The smallest absolute Gasteiger partial charge is 0.253 e. The molecule has 2 rings (SSSR count). The van der Waals surface area contributed by atoms with Gasteiger partial charge >= 0.3 is 0 Å². The maximum Gasteiger partial charge on any atom is 0.253 e.